The van der Waals surface area contributed by atoms with Crippen LogP contribution in [0.4, 0.5) is 9.18 Å². The molecule has 0 bridgehead atoms. The van der Waals surface area contributed by atoms with E-state index in [1.807, 2.05) is 33.8 Å². The molecule has 0 radical (unpaired) electrons. The Kier molecular flexibility index (Phi) is 7.29. The van der Waals surface area contributed by atoms with E-state index < -0.39 is 5.60 Å². The van der Waals surface area contributed by atoms with Crippen molar-refractivity contribution in [3.8, 4) is 0 Å². The van der Waals surface area contributed by atoms with Gasteiger partial charge in [0.05, 0.1) is 0 Å². The van der Waals surface area contributed by atoms with Gasteiger partial charge < -0.3 is 9.64 Å². The molecular formula is C20H28FNO2S. The Balaban J connectivity index is 2.86. The minimum atomic E-state index is -0.553. The van der Waals surface area contributed by atoms with E-state index in [4.69, 9.17) is 4.74 Å². The summed E-state index contributed by atoms with van der Waals surface area (Å²) in [4.78, 5) is 14.8. The van der Waals surface area contributed by atoms with Crippen LogP contribution in [0.1, 0.15) is 41.0 Å². The van der Waals surface area contributed by atoms with E-state index in [0.717, 1.165) is 11.1 Å². The van der Waals surface area contributed by atoms with E-state index in [9.17, 15) is 9.18 Å². The summed E-state index contributed by atoms with van der Waals surface area (Å²) in [5, 5.41) is 0. The van der Waals surface area contributed by atoms with Gasteiger partial charge in [-0.1, -0.05) is 37.6 Å². The van der Waals surface area contributed by atoms with Crippen molar-refractivity contribution in [3.05, 3.63) is 58.2 Å². The molecule has 3 nitrogen and oxygen atoms in total. The number of thioether (sulfide) groups is 1. The first-order chi connectivity index (χ1) is 11.4. The van der Waals surface area contributed by atoms with Crippen molar-refractivity contribution in [2.24, 2.45) is 0 Å². The number of rotatable bonds is 5. The van der Waals surface area contributed by atoms with E-state index in [1.165, 1.54) is 11.8 Å². The molecule has 0 N–H and O–H groups in total. The van der Waals surface area contributed by atoms with Gasteiger partial charge in [-0.25, -0.2) is 9.18 Å². The average molecular weight is 366 g/mol. The standard InChI is InChI=1S/C20H28FNO2S/c1-13(2)15(4)25-16(5)18(21)14(3)17-10-9-11-22(12-17)19(23)24-20(6,7)8/h10H,1,4-5,9,11-12H2,2-3,6-8H3/b18-14-. The molecule has 0 saturated carbocycles. The van der Waals surface area contributed by atoms with Crippen molar-refractivity contribution in [1.29, 1.82) is 0 Å². The number of ether oxygens (including phenoxy) is 1. The monoisotopic (exact) mass is 365 g/mol. The van der Waals surface area contributed by atoms with Gasteiger partial charge in [0, 0.05) is 22.9 Å². The minimum Gasteiger partial charge on any atom is -0.444 e. The molecule has 138 valence electrons. The Morgan fingerprint density at radius 2 is 1.84 bits per heavy atom. The second-order valence-corrected chi connectivity index (χ2v) is 8.28. The van der Waals surface area contributed by atoms with Gasteiger partial charge in [-0.2, -0.15) is 0 Å². The molecule has 0 aromatic carbocycles. The summed E-state index contributed by atoms with van der Waals surface area (Å²) in [5.74, 6) is -0.385. The summed E-state index contributed by atoms with van der Waals surface area (Å²) in [7, 11) is 0. The fourth-order valence-electron chi connectivity index (χ4n) is 2.13. The predicted octanol–water partition coefficient (Wildman–Crippen LogP) is 6.13. The van der Waals surface area contributed by atoms with Crippen LogP contribution in [0.5, 0.6) is 0 Å². The van der Waals surface area contributed by atoms with Gasteiger partial charge in [0.15, 0.2) is 0 Å². The number of carbonyl (C=O) groups is 1. The van der Waals surface area contributed by atoms with Gasteiger partial charge in [-0.3, -0.25) is 0 Å². The highest BCUT2D eigenvalue weighted by atomic mass is 32.2. The molecule has 0 fully saturated rings. The fourth-order valence-corrected chi connectivity index (χ4v) is 2.84. The average Bonchev–Trinajstić information content (AvgIpc) is 2.51. The number of hydrogen-bond acceptors (Lipinski definition) is 3. The second kappa shape index (κ2) is 8.56. The maximum atomic E-state index is 14.7. The largest absolute Gasteiger partial charge is 0.444 e. The van der Waals surface area contributed by atoms with Gasteiger partial charge in [-0.15, -0.1) is 0 Å². The minimum absolute atomic E-state index is 0.292. The summed E-state index contributed by atoms with van der Waals surface area (Å²) in [5.41, 5.74) is 1.49. The first-order valence-corrected chi connectivity index (χ1v) is 8.99. The number of allylic oxidation sites excluding steroid dienone is 2. The van der Waals surface area contributed by atoms with Crippen LogP contribution in [-0.2, 0) is 4.74 Å². The molecule has 0 atom stereocenters. The molecule has 25 heavy (non-hydrogen) atoms. The Morgan fingerprint density at radius 1 is 1.24 bits per heavy atom. The molecular weight excluding hydrogens is 337 g/mol. The maximum Gasteiger partial charge on any atom is 0.410 e. The van der Waals surface area contributed by atoms with E-state index in [1.54, 1.807) is 11.8 Å². The third-order valence-electron chi connectivity index (χ3n) is 3.58. The lowest BCUT2D eigenvalue weighted by atomic mass is 10.0. The fraction of sp³-hybridized carbons (Fsp3) is 0.450. The summed E-state index contributed by atoms with van der Waals surface area (Å²) in [6.07, 6.45) is 2.24. The molecule has 1 aliphatic rings. The van der Waals surface area contributed by atoms with E-state index in [-0.39, 0.29) is 11.9 Å². The third-order valence-corrected chi connectivity index (χ3v) is 4.60. The van der Waals surface area contributed by atoms with Crippen molar-refractivity contribution >= 4 is 17.9 Å². The maximum absolute atomic E-state index is 14.7. The first kappa shape index (κ1) is 21.3. The molecule has 5 heteroatoms. The van der Waals surface area contributed by atoms with Crippen LogP contribution in [0.25, 0.3) is 0 Å². The molecule has 0 aromatic heterocycles. The van der Waals surface area contributed by atoms with Crippen LogP contribution >= 0.6 is 11.8 Å². The molecule has 1 amide bonds. The van der Waals surface area contributed by atoms with Gasteiger partial charge in [0.2, 0.25) is 0 Å². The summed E-state index contributed by atoms with van der Waals surface area (Å²) < 4.78 is 20.1. The van der Waals surface area contributed by atoms with Crippen LogP contribution in [0.15, 0.2) is 58.2 Å². The lowest BCUT2D eigenvalue weighted by Gasteiger charge is -2.30. The van der Waals surface area contributed by atoms with Gasteiger partial charge in [-0.05, 0) is 57.8 Å². The number of nitrogens with zero attached hydrogens (tertiary/aromatic N) is 1. The van der Waals surface area contributed by atoms with Crippen molar-refractivity contribution in [2.75, 3.05) is 13.1 Å². The molecule has 0 aliphatic carbocycles. The second-order valence-electron chi connectivity index (χ2n) is 7.09. The van der Waals surface area contributed by atoms with E-state index in [0.29, 0.717) is 34.9 Å². The molecule has 0 spiro atoms. The normalized spacial score (nSPS) is 15.9. The van der Waals surface area contributed by atoms with Crippen molar-refractivity contribution < 1.29 is 13.9 Å². The lowest BCUT2D eigenvalue weighted by Crippen LogP contribution is -2.40. The highest BCUT2D eigenvalue weighted by Gasteiger charge is 2.25. The number of carbonyl (C=O) groups excluding carboxylic acids is 1. The van der Waals surface area contributed by atoms with Crippen molar-refractivity contribution in [1.82, 2.24) is 4.90 Å². The Morgan fingerprint density at radius 3 is 2.36 bits per heavy atom. The quantitative estimate of drug-likeness (QED) is 0.549. The predicted molar refractivity (Wildman–Crippen MR) is 105 cm³/mol. The summed E-state index contributed by atoms with van der Waals surface area (Å²) in [6.45, 7) is 21.3. The zero-order chi connectivity index (χ0) is 19.4. The molecule has 1 aliphatic heterocycles. The highest BCUT2D eigenvalue weighted by molar-refractivity contribution is 8.07. The van der Waals surface area contributed by atoms with Gasteiger partial charge in [0.25, 0.3) is 0 Å². The Labute approximate surface area is 155 Å². The highest BCUT2D eigenvalue weighted by Crippen LogP contribution is 2.35. The van der Waals surface area contributed by atoms with Crippen LogP contribution < -0.4 is 0 Å². The molecule has 0 aromatic rings. The number of hydrogen-bond donors (Lipinski definition) is 0. The van der Waals surface area contributed by atoms with Crippen LogP contribution in [0.3, 0.4) is 0 Å². The SMILES string of the molecule is C=C(C)C(=C)SC(=C)/C(F)=C(\C)C1=CCCN(C(=O)OC(C)(C)C)C1. The topological polar surface area (TPSA) is 29.5 Å². The number of amides is 1. The first-order valence-electron chi connectivity index (χ1n) is 8.18. The van der Waals surface area contributed by atoms with E-state index >= 15 is 0 Å². The zero-order valence-electron chi connectivity index (χ0n) is 15.9. The number of halogens is 1. The van der Waals surface area contributed by atoms with Crippen LogP contribution in [-0.4, -0.2) is 29.7 Å². The summed E-state index contributed by atoms with van der Waals surface area (Å²) >= 11 is 1.17. The smallest absolute Gasteiger partial charge is 0.410 e. The third kappa shape index (κ3) is 6.58. The molecule has 1 heterocycles. The Hall–Kier alpha value is -1.75. The van der Waals surface area contributed by atoms with Gasteiger partial charge >= 0.3 is 6.09 Å². The molecule has 0 unspecified atom stereocenters. The Bertz CT molecular complexity index is 653. The van der Waals surface area contributed by atoms with Gasteiger partial charge in [0.1, 0.15) is 11.4 Å². The van der Waals surface area contributed by atoms with Crippen LogP contribution in [0.2, 0.25) is 0 Å². The van der Waals surface area contributed by atoms with E-state index in [2.05, 4.69) is 19.7 Å². The van der Waals surface area contributed by atoms with Crippen LogP contribution in [0, 0.1) is 0 Å². The van der Waals surface area contributed by atoms with Crippen molar-refractivity contribution in [2.45, 2.75) is 46.6 Å². The molecule has 0 saturated heterocycles. The zero-order valence-corrected chi connectivity index (χ0v) is 16.7. The molecule has 1 rings (SSSR count). The lowest BCUT2D eigenvalue weighted by molar-refractivity contribution is 0.0263. The summed E-state index contributed by atoms with van der Waals surface area (Å²) in [6, 6.07) is 0. The van der Waals surface area contributed by atoms with Crippen molar-refractivity contribution in [3.63, 3.8) is 0 Å².